The van der Waals surface area contributed by atoms with E-state index in [1.165, 1.54) is 81.2 Å². The Labute approximate surface area is 272 Å². The van der Waals surface area contributed by atoms with Crippen LogP contribution in [-0.4, -0.2) is 65.2 Å². The molecule has 0 amide bonds. The van der Waals surface area contributed by atoms with E-state index in [0.29, 0.717) is 18.0 Å². The van der Waals surface area contributed by atoms with Crippen LogP contribution in [0, 0.1) is 16.7 Å². The molecule has 7 heterocycles. The average Bonchev–Trinajstić information content (AvgIpc) is 3.76. The zero-order chi connectivity index (χ0) is 30.6. The minimum Gasteiger partial charge on any atom is -0.469 e. The number of rotatable bonds is 3. The lowest BCUT2D eigenvalue weighted by atomic mass is 9.39. The van der Waals surface area contributed by atoms with Crippen LogP contribution in [0.2, 0.25) is 0 Å². The van der Waals surface area contributed by atoms with Gasteiger partial charge in [-0.25, -0.2) is 0 Å². The Morgan fingerprint density at radius 3 is 2.74 bits per heavy atom. The number of hydrogen-bond donors (Lipinski definition) is 1. The summed E-state index contributed by atoms with van der Waals surface area (Å²) in [4.78, 5) is 19.5. The second-order valence-electron chi connectivity index (χ2n) is 16.7. The second kappa shape index (κ2) is 8.79. The van der Waals surface area contributed by atoms with E-state index < -0.39 is 0 Å². The summed E-state index contributed by atoms with van der Waals surface area (Å²) in [7, 11) is 1.61. The number of esters is 1. The van der Waals surface area contributed by atoms with Gasteiger partial charge in [-0.15, -0.1) is 0 Å². The predicted octanol–water partition coefficient (Wildman–Crippen LogP) is 6.77. The summed E-state index contributed by atoms with van der Waals surface area (Å²) >= 11 is 0. The fraction of sp³-hybridized carbons (Fsp3) is 0.625. The van der Waals surface area contributed by atoms with Gasteiger partial charge in [0.1, 0.15) is 0 Å². The molecule has 6 nitrogen and oxygen atoms in total. The van der Waals surface area contributed by atoms with Crippen molar-refractivity contribution in [3.05, 3.63) is 64.8 Å². The normalized spacial score (nSPS) is 41.4. The minimum absolute atomic E-state index is 0.0149. The third-order valence-corrected chi connectivity index (χ3v) is 15.9. The predicted molar refractivity (Wildman–Crippen MR) is 180 cm³/mol. The minimum atomic E-state index is -0.238. The maximum atomic E-state index is 13.7. The number of fused-ring (bicyclic) bond motifs is 6. The standard InChI is InChI=1S/C40H48N4O2/c1-3-38-14-7-18-42-20-12-27-26-8-4-5-9-32(26)44(33(27)34(38)42)24-30(38)25-10-11-31-28(22-25)39-17-21-43-19-6-13-37(36(39)43)15-16-40(39,41-31)29(23-37)35(45)46-2/h4-5,8-11,22,29-30,34,36,41H,3,6-7,12-21,23-24H2,1-2H3. The Kier molecular flexibility index (Phi) is 5.19. The molecular formula is C40H48N4O2. The van der Waals surface area contributed by atoms with E-state index in [1.807, 2.05) is 0 Å². The quantitative estimate of drug-likeness (QED) is 0.329. The van der Waals surface area contributed by atoms with Crippen molar-refractivity contribution in [1.82, 2.24) is 14.4 Å². The summed E-state index contributed by atoms with van der Waals surface area (Å²) in [6, 6.07) is 17.9. The summed E-state index contributed by atoms with van der Waals surface area (Å²) in [5.41, 5.74) is 9.32. The number of methoxy groups -OCH3 is 1. The fourth-order valence-corrected chi connectivity index (χ4v) is 14.4. The highest BCUT2D eigenvalue weighted by Gasteiger charge is 2.79. The molecule has 3 aliphatic carbocycles. The van der Waals surface area contributed by atoms with Crippen LogP contribution in [0.1, 0.15) is 99.1 Å². The molecule has 46 heavy (non-hydrogen) atoms. The molecule has 3 saturated heterocycles. The van der Waals surface area contributed by atoms with Gasteiger partial charge in [-0.05, 0) is 123 Å². The van der Waals surface area contributed by atoms with Gasteiger partial charge in [0.25, 0.3) is 0 Å². The van der Waals surface area contributed by atoms with Gasteiger partial charge in [0.2, 0.25) is 0 Å². The van der Waals surface area contributed by atoms with Gasteiger partial charge in [0.05, 0.1) is 24.6 Å². The number of carbonyl (C=O) groups is 1. The molecule has 9 aliphatic rings. The Bertz CT molecular complexity index is 1830. The maximum Gasteiger partial charge on any atom is 0.311 e. The number of anilines is 1. The van der Waals surface area contributed by atoms with Crippen molar-refractivity contribution >= 4 is 22.6 Å². The van der Waals surface area contributed by atoms with E-state index in [1.54, 1.807) is 29.5 Å². The van der Waals surface area contributed by atoms with Gasteiger partial charge in [0.15, 0.2) is 0 Å². The highest BCUT2D eigenvalue weighted by molar-refractivity contribution is 5.86. The number of aromatic nitrogens is 1. The summed E-state index contributed by atoms with van der Waals surface area (Å²) in [6.07, 6.45) is 12.0. The van der Waals surface area contributed by atoms with Crippen molar-refractivity contribution < 1.29 is 9.53 Å². The van der Waals surface area contributed by atoms with Gasteiger partial charge in [-0.2, -0.15) is 0 Å². The number of carbonyl (C=O) groups excluding carboxylic acids is 1. The first kappa shape index (κ1) is 27.2. The summed E-state index contributed by atoms with van der Waals surface area (Å²) in [5.74, 6) is 0.406. The van der Waals surface area contributed by atoms with Crippen molar-refractivity contribution in [2.45, 2.75) is 107 Å². The van der Waals surface area contributed by atoms with E-state index in [0.717, 1.165) is 32.4 Å². The molecule has 2 bridgehead atoms. The molecule has 1 aromatic heterocycles. The highest BCUT2D eigenvalue weighted by Crippen LogP contribution is 2.74. The maximum absolute atomic E-state index is 13.7. The molecule has 0 radical (unpaired) electrons. The molecule has 2 aromatic carbocycles. The molecule has 240 valence electrons. The molecule has 3 spiro atoms. The average molecular weight is 617 g/mol. The van der Waals surface area contributed by atoms with Gasteiger partial charge < -0.3 is 14.6 Å². The Hall–Kier alpha value is -2.83. The zero-order valence-corrected chi connectivity index (χ0v) is 27.6. The van der Waals surface area contributed by atoms with E-state index in [2.05, 4.69) is 69.1 Å². The second-order valence-corrected chi connectivity index (χ2v) is 16.7. The lowest BCUT2D eigenvalue weighted by molar-refractivity contribution is -0.171. The van der Waals surface area contributed by atoms with Crippen molar-refractivity contribution in [3.8, 4) is 0 Å². The van der Waals surface area contributed by atoms with Crippen LogP contribution in [-0.2, 0) is 27.9 Å². The number of nitrogens with zero attached hydrogens (tertiary/aromatic N) is 3. The molecular weight excluding hydrogens is 568 g/mol. The Morgan fingerprint density at radius 1 is 0.978 bits per heavy atom. The van der Waals surface area contributed by atoms with E-state index in [4.69, 9.17) is 4.74 Å². The molecule has 8 atom stereocenters. The summed E-state index contributed by atoms with van der Waals surface area (Å²) in [6.45, 7) is 8.36. The molecule has 3 aromatic rings. The van der Waals surface area contributed by atoms with Crippen molar-refractivity contribution in [3.63, 3.8) is 0 Å². The SMILES string of the molecule is CCC12CCCN3CCc4c(n(c5ccccc45)CC1c1ccc4c(c1)C15CCN6CCCC7(CCC1(N4)C(C(=O)OC)C7)C65)C32. The van der Waals surface area contributed by atoms with Crippen LogP contribution < -0.4 is 5.32 Å². The van der Waals surface area contributed by atoms with Gasteiger partial charge in [0, 0.05) is 52.7 Å². The van der Waals surface area contributed by atoms with E-state index in [9.17, 15) is 4.79 Å². The van der Waals surface area contributed by atoms with Crippen molar-refractivity contribution in [1.29, 1.82) is 0 Å². The van der Waals surface area contributed by atoms with Crippen LogP contribution in [0.5, 0.6) is 0 Å². The number of nitrogens with one attached hydrogen (secondary N) is 1. The van der Waals surface area contributed by atoms with Crippen molar-refractivity contribution in [2.75, 3.05) is 38.6 Å². The topological polar surface area (TPSA) is 49.7 Å². The van der Waals surface area contributed by atoms with Gasteiger partial charge >= 0.3 is 5.97 Å². The number of para-hydroxylation sites is 1. The number of hydrogen-bond acceptors (Lipinski definition) is 5. The number of ether oxygens (including phenoxy) is 1. The van der Waals surface area contributed by atoms with Gasteiger partial charge in [-0.1, -0.05) is 37.3 Å². The van der Waals surface area contributed by atoms with Crippen LogP contribution in [0.3, 0.4) is 0 Å². The van der Waals surface area contributed by atoms with Gasteiger partial charge in [-0.3, -0.25) is 14.6 Å². The van der Waals surface area contributed by atoms with Crippen LogP contribution in [0.4, 0.5) is 5.69 Å². The van der Waals surface area contributed by atoms with Crippen molar-refractivity contribution in [2.24, 2.45) is 16.7 Å². The van der Waals surface area contributed by atoms with Crippen LogP contribution in [0.15, 0.2) is 42.5 Å². The Morgan fingerprint density at radius 2 is 1.85 bits per heavy atom. The van der Waals surface area contributed by atoms with Crippen LogP contribution in [0.25, 0.3) is 10.9 Å². The first-order chi connectivity index (χ1) is 22.5. The summed E-state index contributed by atoms with van der Waals surface area (Å²) in [5, 5.41) is 5.67. The number of benzene rings is 2. The van der Waals surface area contributed by atoms with E-state index in [-0.39, 0.29) is 33.7 Å². The molecule has 6 heteroatoms. The third kappa shape index (κ3) is 2.83. The Balaban J connectivity index is 1.12. The molecule has 3 saturated carbocycles. The zero-order valence-electron chi connectivity index (χ0n) is 27.6. The molecule has 6 fully saturated rings. The third-order valence-electron chi connectivity index (χ3n) is 15.9. The van der Waals surface area contributed by atoms with E-state index >= 15 is 0 Å². The molecule has 12 rings (SSSR count). The number of piperidine rings is 2. The highest BCUT2D eigenvalue weighted by atomic mass is 16.5. The monoisotopic (exact) mass is 616 g/mol. The lowest BCUT2D eigenvalue weighted by Gasteiger charge is -2.69. The molecule has 8 unspecified atom stereocenters. The smallest absolute Gasteiger partial charge is 0.311 e. The van der Waals surface area contributed by atoms with Crippen LogP contribution >= 0.6 is 0 Å². The fourth-order valence-electron chi connectivity index (χ4n) is 14.4. The lowest BCUT2D eigenvalue weighted by Crippen LogP contribution is -2.76. The largest absolute Gasteiger partial charge is 0.469 e. The molecule has 6 aliphatic heterocycles. The first-order valence-corrected chi connectivity index (χ1v) is 18.6. The molecule has 1 N–H and O–H groups in total. The summed E-state index contributed by atoms with van der Waals surface area (Å²) < 4.78 is 8.38. The first-order valence-electron chi connectivity index (χ1n) is 18.6.